The van der Waals surface area contributed by atoms with Crippen LogP contribution in [0.1, 0.15) is 30.4 Å². The van der Waals surface area contributed by atoms with Gasteiger partial charge >= 0.3 is 0 Å². The lowest BCUT2D eigenvalue weighted by molar-refractivity contribution is 0.595. The topological polar surface area (TPSA) is 49.7 Å². The molecule has 0 fully saturated rings. The van der Waals surface area contributed by atoms with Crippen molar-refractivity contribution in [1.82, 2.24) is 0 Å². The molecule has 28 heavy (non-hydrogen) atoms. The number of sulfonamides is 1. The van der Waals surface area contributed by atoms with Crippen LogP contribution in [0.5, 0.6) is 0 Å². The summed E-state index contributed by atoms with van der Waals surface area (Å²) in [6.07, 6.45) is 7.09. The molecule has 0 saturated carbocycles. The van der Waals surface area contributed by atoms with Gasteiger partial charge in [-0.2, -0.15) is 0 Å². The van der Waals surface area contributed by atoms with Gasteiger partial charge in [0, 0.05) is 13.2 Å². The summed E-state index contributed by atoms with van der Waals surface area (Å²) in [5, 5.41) is 0. The predicted octanol–water partition coefficient (Wildman–Crippen LogP) is 5.55. The summed E-state index contributed by atoms with van der Waals surface area (Å²) in [4.78, 5) is 3.51. The first-order valence-corrected chi connectivity index (χ1v) is 10.6. The number of unbranched alkanes of at least 4 members (excludes halogenated alkanes) is 2. The highest BCUT2D eigenvalue weighted by Crippen LogP contribution is 2.28. The second-order valence-corrected chi connectivity index (χ2v) is 8.09. The van der Waals surface area contributed by atoms with Gasteiger partial charge in [0.1, 0.15) is 0 Å². The van der Waals surface area contributed by atoms with Gasteiger partial charge in [0.25, 0.3) is 10.0 Å². The van der Waals surface area contributed by atoms with Crippen molar-refractivity contribution < 1.29 is 8.42 Å². The molecule has 0 aliphatic rings. The van der Waals surface area contributed by atoms with Crippen molar-refractivity contribution in [2.45, 2.75) is 37.5 Å². The van der Waals surface area contributed by atoms with Crippen LogP contribution >= 0.6 is 0 Å². The minimum absolute atomic E-state index is 0.263. The zero-order valence-electron chi connectivity index (χ0n) is 16.8. The van der Waals surface area contributed by atoms with Gasteiger partial charge in [0.15, 0.2) is 0 Å². The Morgan fingerprint density at radius 2 is 1.64 bits per heavy atom. The monoisotopic (exact) mass is 398 g/mol. The van der Waals surface area contributed by atoms with Crippen LogP contribution in [0.4, 0.5) is 5.69 Å². The smallest absolute Gasteiger partial charge is 0.268 e. The van der Waals surface area contributed by atoms with Crippen LogP contribution in [0.2, 0.25) is 0 Å². The molecule has 0 saturated heterocycles. The molecule has 2 aromatic rings. The highest BCUT2D eigenvalue weighted by molar-refractivity contribution is 7.93. The Balaban J connectivity index is 0.00000122. The summed E-state index contributed by atoms with van der Waals surface area (Å²) in [5.41, 5.74) is 2.69. The third-order valence-electron chi connectivity index (χ3n) is 4.08. The summed E-state index contributed by atoms with van der Waals surface area (Å²) in [6, 6.07) is 14.5. The molecule has 0 aliphatic carbocycles. The number of aliphatic imine (C=N–C) groups is 1. The van der Waals surface area contributed by atoms with Crippen molar-refractivity contribution in [2.75, 3.05) is 11.4 Å². The van der Waals surface area contributed by atoms with E-state index in [0.29, 0.717) is 5.69 Å². The van der Waals surface area contributed by atoms with Crippen LogP contribution in [-0.2, 0) is 16.4 Å². The van der Waals surface area contributed by atoms with E-state index >= 15 is 0 Å². The molecule has 0 aromatic heterocycles. The Morgan fingerprint density at radius 1 is 1.04 bits per heavy atom. The third-order valence-corrected chi connectivity index (χ3v) is 5.81. The first-order valence-electron chi connectivity index (χ1n) is 9.19. The van der Waals surface area contributed by atoms with Crippen molar-refractivity contribution in [1.29, 1.82) is 0 Å². The van der Waals surface area contributed by atoms with E-state index in [-0.39, 0.29) is 4.90 Å². The zero-order valence-corrected chi connectivity index (χ0v) is 17.7. The van der Waals surface area contributed by atoms with E-state index in [1.807, 2.05) is 37.3 Å². The maximum Gasteiger partial charge on any atom is 0.268 e. The molecule has 0 unspecified atom stereocenters. The Morgan fingerprint density at radius 3 is 2.21 bits per heavy atom. The Bertz CT molecular complexity index is 872. The summed E-state index contributed by atoms with van der Waals surface area (Å²) in [6.45, 7) is 12.5. The standard InChI is InChI=1S/C21H25NO2S.C2H5N/c1-4-6-7-8-11-19-12-9-10-13-21(19)22(5-2)25(23,24)20-16-14-18(3)15-17-20;1-3-2/h4-5,9-10,12-17H,1-2,6-8,11H2,3H3;1H2,2H3. The number of hydrogen-bond acceptors (Lipinski definition) is 3. The minimum atomic E-state index is -3.68. The molecule has 0 heterocycles. The molecule has 0 spiro atoms. The quantitative estimate of drug-likeness (QED) is 0.316. The van der Waals surface area contributed by atoms with Gasteiger partial charge in [-0.25, -0.2) is 12.7 Å². The molecular weight excluding hydrogens is 368 g/mol. The average molecular weight is 399 g/mol. The number of allylic oxidation sites excluding steroid dienone is 1. The fourth-order valence-corrected chi connectivity index (χ4v) is 4.03. The van der Waals surface area contributed by atoms with Gasteiger partial charge in [0.05, 0.1) is 10.6 Å². The van der Waals surface area contributed by atoms with Gasteiger partial charge in [0.2, 0.25) is 0 Å². The molecule has 5 heteroatoms. The van der Waals surface area contributed by atoms with Crippen LogP contribution in [0, 0.1) is 6.92 Å². The predicted molar refractivity (Wildman–Crippen MR) is 121 cm³/mol. The van der Waals surface area contributed by atoms with Crippen molar-refractivity contribution in [3.05, 3.63) is 85.1 Å². The Kier molecular flexibility index (Phi) is 9.96. The number of aryl methyl sites for hydroxylation is 2. The normalized spacial score (nSPS) is 10.4. The highest BCUT2D eigenvalue weighted by Gasteiger charge is 2.24. The first kappa shape index (κ1) is 23.4. The maximum atomic E-state index is 13.0. The first-order chi connectivity index (χ1) is 13.4. The van der Waals surface area contributed by atoms with E-state index in [0.717, 1.165) is 36.8 Å². The molecule has 2 rings (SSSR count). The van der Waals surface area contributed by atoms with E-state index < -0.39 is 10.0 Å². The van der Waals surface area contributed by atoms with Gasteiger partial charge < -0.3 is 4.99 Å². The minimum Gasteiger partial charge on any atom is -0.304 e. The van der Waals surface area contributed by atoms with Crippen molar-refractivity contribution in [2.24, 2.45) is 4.99 Å². The third kappa shape index (κ3) is 6.50. The number of para-hydroxylation sites is 1. The molecule has 0 radical (unpaired) electrons. The lowest BCUT2D eigenvalue weighted by atomic mass is 10.1. The van der Waals surface area contributed by atoms with Crippen LogP contribution in [0.15, 0.2) is 83.9 Å². The number of anilines is 1. The molecule has 150 valence electrons. The molecule has 4 nitrogen and oxygen atoms in total. The van der Waals surface area contributed by atoms with Crippen LogP contribution < -0.4 is 4.31 Å². The largest absolute Gasteiger partial charge is 0.304 e. The molecule has 2 aromatic carbocycles. The van der Waals surface area contributed by atoms with E-state index in [4.69, 9.17) is 0 Å². The van der Waals surface area contributed by atoms with Crippen molar-refractivity contribution in [3.8, 4) is 0 Å². The maximum absolute atomic E-state index is 13.0. The molecule has 0 aliphatic heterocycles. The lowest BCUT2D eigenvalue weighted by Crippen LogP contribution is -2.26. The fraction of sp³-hybridized carbons (Fsp3) is 0.261. The molecule has 0 amide bonds. The number of hydrogen-bond donors (Lipinski definition) is 0. The fourth-order valence-electron chi connectivity index (χ4n) is 2.69. The SMILES string of the molecule is C=CCCCCc1ccccc1N(C=C)S(=O)(=O)c1ccc(C)cc1.C=NC. The van der Waals surface area contributed by atoms with E-state index in [2.05, 4.69) is 24.9 Å². The summed E-state index contributed by atoms with van der Waals surface area (Å²) < 4.78 is 27.4. The van der Waals surface area contributed by atoms with Crippen molar-refractivity contribution >= 4 is 22.4 Å². The highest BCUT2D eigenvalue weighted by atomic mass is 32.2. The van der Waals surface area contributed by atoms with E-state index in [1.165, 1.54) is 10.5 Å². The lowest BCUT2D eigenvalue weighted by Gasteiger charge is -2.23. The van der Waals surface area contributed by atoms with Gasteiger partial charge in [-0.3, -0.25) is 0 Å². The van der Waals surface area contributed by atoms with Crippen molar-refractivity contribution in [3.63, 3.8) is 0 Å². The van der Waals surface area contributed by atoms with Gasteiger partial charge in [-0.05, 0) is 63.1 Å². The second-order valence-electron chi connectivity index (χ2n) is 6.28. The van der Waals surface area contributed by atoms with Gasteiger partial charge in [-0.1, -0.05) is 48.6 Å². The van der Waals surface area contributed by atoms with Gasteiger partial charge in [-0.15, -0.1) is 6.58 Å². The summed E-state index contributed by atoms with van der Waals surface area (Å²) in [5.74, 6) is 0. The number of nitrogens with zero attached hydrogens (tertiary/aromatic N) is 2. The molecular formula is C23H30N2O2S. The summed E-state index contributed by atoms with van der Waals surface area (Å²) >= 11 is 0. The Labute approximate surface area is 170 Å². The number of rotatable bonds is 9. The van der Waals surface area contributed by atoms with E-state index in [1.54, 1.807) is 31.3 Å². The van der Waals surface area contributed by atoms with E-state index in [9.17, 15) is 8.42 Å². The van der Waals surface area contributed by atoms with Crippen LogP contribution in [0.3, 0.4) is 0 Å². The second kappa shape index (κ2) is 11.9. The molecule has 0 bridgehead atoms. The molecule has 0 atom stereocenters. The summed E-state index contributed by atoms with van der Waals surface area (Å²) in [7, 11) is -2.04. The average Bonchev–Trinajstić information content (AvgIpc) is 2.68. The van der Waals surface area contributed by atoms with Crippen LogP contribution in [-0.4, -0.2) is 22.2 Å². The molecule has 0 N–H and O–H groups in total. The van der Waals surface area contributed by atoms with Crippen LogP contribution in [0.25, 0.3) is 0 Å². The zero-order chi connectivity index (χ0) is 21.0. The Hall–Kier alpha value is -2.66. The number of benzene rings is 2.